The summed E-state index contributed by atoms with van der Waals surface area (Å²) in [7, 11) is 0. The molecule has 0 aliphatic rings. The highest BCUT2D eigenvalue weighted by molar-refractivity contribution is 5.31. The molecule has 1 aromatic rings. The third kappa shape index (κ3) is 3.06. The number of hydrogen-bond donors (Lipinski definition) is 2. The molecule has 16 heavy (non-hydrogen) atoms. The van der Waals surface area contributed by atoms with E-state index in [1.54, 1.807) is 0 Å². The van der Waals surface area contributed by atoms with Crippen LogP contribution in [0.15, 0.2) is 18.2 Å². The summed E-state index contributed by atoms with van der Waals surface area (Å²) in [5.74, 6) is 0.173. The Hall–Kier alpha value is -0.860. The molecule has 1 aromatic carbocycles. The average molecular weight is 221 g/mol. The molecule has 0 saturated heterocycles. The fourth-order valence-corrected chi connectivity index (χ4v) is 2.00. The summed E-state index contributed by atoms with van der Waals surface area (Å²) in [5, 5.41) is 10.2. The van der Waals surface area contributed by atoms with E-state index in [9.17, 15) is 5.11 Å². The number of nitrogens with two attached hydrogens (primary N) is 1. The van der Waals surface area contributed by atoms with Gasteiger partial charge in [0.1, 0.15) is 0 Å². The normalized spacial score (nSPS) is 14.8. The van der Waals surface area contributed by atoms with Crippen LogP contribution in [0.25, 0.3) is 0 Å². The second kappa shape index (κ2) is 6.02. The van der Waals surface area contributed by atoms with Crippen molar-refractivity contribution in [3.8, 4) is 0 Å². The maximum absolute atomic E-state index is 10.2. The molecule has 0 aromatic heterocycles. The minimum Gasteiger partial charge on any atom is -0.388 e. The van der Waals surface area contributed by atoms with Crippen molar-refractivity contribution in [2.45, 2.75) is 39.7 Å². The van der Waals surface area contributed by atoms with E-state index in [4.69, 9.17) is 5.73 Å². The lowest BCUT2D eigenvalue weighted by atomic mass is 9.90. The Balaban J connectivity index is 2.85. The van der Waals surface area contributed by atoms with Crippen LogP contribution < -0.4 is 5.73 Å². The van der Waals surface area contributed by atoms with Crippen LogP contribution in [-0.2, 0) is 0 Å². The van der Waals surface area contributed by atoms with Crippen molar-refractivity contribution < 1.29 is 5.11 Å². The van der Waals surface area contributed by atoms with Crippen LogP contribution in [0.3, 0.4) is 0 Å². The van der Waals surface area contributed by atoms with Gasteiger partial charge in [-0.2, -0.15) is 0 Å². The van der Waals surface area contributed by atoms with Crippen molar-refractivity contribution >= 4 is 0 Å². The first-order chi connectivity index (χ1) is 7.60. The molecule has 0 spiro atoms. The highest BCUT2D eigenvalue weighted by Crippen LogP contribution is 2.26. The molecular formula is C14H23NO. The zero-order valence-corrected chi connectivity index (χ0v) is 10.5. The van der Waals surface area contributed by atoms with Gasteiger partial charge in [-0.1, -0.05) is 31.5 Å². The lowest BCUT2D eigenvalue weighted by Crippen LogP contribution is -2.22. The molecule has 0 aliphatic carbocycles. The van der Waals surface area contributed by atoms with E-state index >= 15 is 0 Å². The van der Waals surface area contributed by atoms with Crippen molar-refractivity contribution in [2.24, 2.45) is 11.7 Å². The van der Waals surface area contributed by atoms with Crippen molar-refractivity contribution in [3.05, 3.63) is 34.9 Å². The van der Waals surface area contributed by atoms with Crippen LogP contribution in [0, 0.1) is 19.8 Å². The summed E-state index contributed by atoms with van der Waals surface area (Å²) in [6.45, 7) is 6.82. The van der Waals surface area contributed by atoms with Gasteiger partial charge in [0, 0.05) is 5.92 Å². The molecule has 0 saturated carbocycles. The Labute approximate surface area is 98.5 Å². The molecule has 0 amide bonds. The predicted octanol–water partition coefficient (Wildman–Crippen LogP) is 2.71. The van der Waals surface area contributed by atoms with Crippen LogP contribution in [0.4, 0.5) is 0 Å². The monoisotopic (exact) mass is 221 g/mol. The SMILES string of the molecule is CCCC(CN)C(O)c1ccc(C)c(C)c1. The minimum atomic E-state index is -0.427. The third-order valence-corrected chi connectivity index (χ3v) is 3.28. The summed E-state index contributed by atoms with van der Waals surface area (Å²) in [4.78, 5) is 0. The standard InChI is InChI=1S/C14H23NO/c1-4-5-13(9-15)14(16)12-7-6-10(2)11(3)8-12/h6-8,13-14,16H,4-5,9,15H2,1-3H3. The maximum Gasteiger partial charge on any atom is 0.0830 e. The zero-order chi connectivity index (χ0) is 12.1. The first-order valence-electron chi connectivity index (χ1n) is 6.05. The smallest absolute Gasteiger partial charge is 0.0830 e. The molecule has 1 rings (SSSR count). The van der Waals surface area contributed by atoms with E-state index in [2.05, 4.69) is 32.9 Å². The number of aryl methyl sites for hydroxylation is 2. The van der Waals surface area contributed by atoms with E-state index < -0.39 is 6.10 Å². The van der Waals surface area contributed by atoms with E-state index in [-0.39, 0.29) is 5.92 Å². The Kier molecular flexibility index (Phi) is 4.97. The topological polar surface area (TPSA) is 46.2 Å². The fourth-order valence-electron chi connectivity index (χ4n) is 2.00. The molecule has 2 unspecified atom stereocenters. The van der Waals surface area contributed by atoms with Crippen LogP contribution in [0.5, 0.6) is 0 Å². The van der Waals surface area contributed by atoms with Crippen LogP contribution in [0.2, 0.25) is 0 Å². The highest BCUT2D eigenvalue weighted by atomic mass is 16.3. The molecule has 3 N–H and O–H groups in total. The summed E-state index contributed by atoms with van der Waals surface area (Å²) in [6, 6.07) is 6.14. The van der Waals surface area contributed by atoms with Gasteiger partial charge in [-0.15, -0.1) is 0 Å². The molecule has 2 heteroatoms. The largest absolute Gasteiger partial charge is 0.388 e. The zero-order valence-electron chi connectivity index (χ0n) is 10.5. The second-order valence-corrected chi connectivity index (χ2v) is 4.57. The Bertz CT molecular complexity index is 336. The maximum atomic E-state index is 10.2. The number of hydrogen-bond acceptors (Lipinski definition) is 2. The van der Waals surface area contributed by atoms with E-state index in [1.165, 1.54) is 11.1 Å². The van der Waals surface area contributed by atoms with E-state index in [0.29, 0.717) is 6.54 Å². The van der Waals surface area contributed by atoms with Gasteiger partial charge in [0.2, 0.25) is 0 Å². The van der Waals surface area contributed by atoms with Crippen LogP contribution in [-0.4, -0.2) is 11.7 Å². The van der Waals surface area contributed by atoms with Crippen molar-refractivity contribution in [1.82, 2.24) is 0 Å². The first-order valence-corrected chi connectivity index (χ1v) is 6.05. The Morgan fingerprint density at radius 2 is 1.94 bits per heavy atom. The fraction of sp³-hybridized carbons (Fsp3) is 0.571. The van der Waals surface area contributed by atoms with Gasteiger partial charge in [-0.3, -0.25) is 0 Å². The van der Waals surface area contributed by atoms with Crippen molar-refractivity contribution in [1.29, 1.82) is 0 Å². The van der Waals surface area contributed by atoms with Gasteiger partial charge in [-0.25, -0.2) is 0 Å². The van der Waals surface area contributed by atoms with Gasteiger partial charge in [-0.05, 0) is 43.5 Å². The van der Waals surface area contributed by atoms with E-state index in [0.717, 1.165) is 18.4 Å². The number of benzene rings is 1. The minimum absolute atomic E-state index is 0.173. The number of rotatable bonds is 5. The molecule has 0 heterocycles. The van der Waals surface area contributed by atoms with Gasteiger partial charge in [0.25, 0.3) is 0 Å². The van der Waals surface area contributed by atoms with E-state index in [1.807, 2.05) is 6.07 Å². The lowest BCUT2D eigenvalue weighted by Gasteiger charge is -2.21. The summed E-state index contributed by atoms with van der Waals surface area (Å²) in [6.07, 6.45) is 1.61. The van der Waals surface area contributed by atoms with Crippen molar-refractivity contribution in [2.75, 3.05) is 6.54 Å². The van der Waals surface area contributed by atoms with Gasteiger partial charge in [0.15, 0.2) is 0 Å². The Morgan fingerprint density at radius 3 is 2.44 bits per heavy atom. The molecule has 90 valence electrons. The summed E-state index contributed by atoms with van der Waals surface area (Å²) in [5.41, 5.74) is 9.18. The second-order valence-electron chi connectivity index (χ2n) is 4.57. The lowest BCUT2D eigenvalue weighted by molar-refractivity contribution is 0.106. The molecule has 2 atom stereocenters. The Morgan fingerprint density at radius 1 is 1.25 bits per heavy atom. The molecule has 2 nitrogen and oxygen atoms in total. The molecule has 0 radical (unpaired) electrons. The number of aliphatic hydroxyl groups is 1. The average Bonchev–Trinajstić information content (AvgIpc) is 2.28. The van der Waals surface area contributed by atoms with Gasteiger partial charge < -0.3 is 10.8 Å². The molecule has 0 aliphatic heterocycles. The summed E-state index contributed by atoms with van der Waals surface area (Å²) >= 11 is 0. The molecule has 0 fully saturated rings. The van der Waals surface area contributed by atoms with Gasteiger partial charge >= 0.3 is 0 Å². The third-order valence-electron chi connectivity index (χ3n) is 3.28. The van der Waals surface area contributed by atoms with Crippen LogP contribution in [0.1, 0.15) is 42.6 Å². The van der Waals surface area contributed by atoms with Crippen molar-refractivity contribution in [3.63, 3.8) is 0 Å². The number of aliphatic hydroxyl groups excluding tert-OH is 1. The predicted molar refractivity (Wildman–Crippen MR) is 68.3 cm³/mol. The van der Waals surface area contributed by atoms with Crippen LogP contribution >= 0.6 is 0 Å². The first kappa shape index (κ1) is 13.2. The van der Waals surface area contributed by atoms with Gasteiger partial charge in [0.05, 0.1) is 6.10 Å². The molecule has 0 bridgehead atoms. The molecular weight excluding hydrogens is 198 g/mol. The summed E-state index contributed by atoms with van der Waals surface area (Å²) < 4.78 is 0. The highest BCUT2D eigenvalue weighted by Gasteiger charge is 2.18. The quantitative estimate of drug-likeness (QED) is 0.803.